The second kappa shape index (κ2) is 12.4. The zero-order valence-corrected chi connectivity index (χ0v) is 21.8. The number of nitrogens with one attached hydrogen (secondary N) is 2. The van der Waals surface area contributed by atoms with Gasteiger partial charge in [0.2, 0.25) is 11.8 Å². The van der Waals surface area contributed by atoms with Gasteiger partial charge >= 0.3 is 6.18 Å². The Bertz CT molecular complexity index is 1210. The predicted molar refractivity (Wildman–Crippen MR) is 140 cm³/mol. The number of ether oxygens (including phenoxy) is 1. The van der Waals surface area contributed by atoms with Crippen LogP contribution in [0.15, 0.2) is 67.1 Å². The molecule has 2 aromatic carbocycles. The fraction of sp³-hybridized carbons (Fsp3) is 0.414. The second-order valence-electron chi connectivity index (χ2n) is 10.0. The maximum absolute atomic E-state index is 13.7. The molecule has 0 spiro atoms. The zero-order chi connectivity index (χ0) is 27.9. The van der Waals surface area contributed by atoms with Crippen LogP contribution in [0.25, 0.3) is 0 Å². The number of halogens is 3. The molecule has 7 nitrogen and oxygen atoms in total. The van der Waals surface area contributed by atoms with Crippen molar-refractivity contribution in [2.24, 2.45) is 0 Å². The highest BCUT2D eigenvalue weighted by Gasteiger charge is 2.47. The van der Waals surface area contributed by atoms with Gasteiger partial charge in [-0.2, -0.15) is 13.2 Å². The molecular formula is C29H33F3N4O3. The summed E-state index contributed by atoms with van der Waals surface area (Å²) >= 11 is 0. The largest absolute Gasteiger partial charge is 0.497 e. The van der Waals surface area contributed by atoms with Crippen molar-refractivity contribution in [3.8, 4) is 5.75 Å². The number of nitrogens with zero attached hydrogens (tertiary/aromatic N) is 2. The monoisotopic (exact) mass is 542 g/mol. The summed E-state index contributed by atoms with van der Waals surface area (Å²) in [5.41, 5.74) is 1.97. The molecule has 0 saturated carbocycles. The SMILES string of the molecule is COc1ccc(CC(NC(=O)CCc2c[nH]cn2)C(=O)N2CC(CCCC(F)(F)F)(c3ccccc3)C2)cc1. The molecule has 1 aliphatic rings. The van der Waals surface area contributed by atoms with Crippen LogP contribution < -0.4 is 10.1 Å². The Morgan fingerprint density at radius 3 is 2.46 bits per heavy atom. The lowest BCUT2D eigenvalue weighted by Gasteiger charge is -2.52. The normalized spacial score (nSPS) is 15.3. The number of alkyl halides is 3. The van der Waals surface area contributed by atoms with Crippen molar-refractivity contribution in [3.63, 3.8) is 0 Å². The minimum absolute atomic E-state index is 0.0143. The van der Waals surface area contributed by atoms with E-state index in [0.717, 1.165) is 16.8 Å². The first-order valence-electron chi connectivity index (χ1n) is 13.0. The van der Waals surface area contributed by atoms with Crippen LogP contribution in [0.2, 0.25) is 0 Å². The Morgan fingerprint density at radius 1 is 1.13 bits per heavy atom. The summed E-state index contributed by atoms with van der Waals surface area (Å²) < 4.78 is 43.8. The van der Waals surface area contributed by atoms with E-state index in [9.17, 15) is 22.8 Å². The van der Waals surface area contributed by atoms with Crippen LogP contribution in [0.1, 0.15) is 42.5 Å². The van der Waals surface area contributed by atoms with Crippen molar-refractivity contribution in [2.75, 3.05) is 20.2 Å². The van der Waals surface area contributed by atoms with Crippen molar-refractivity contribution in [1.29, 1.82) is 0 Å². The third kappa shape index (κ3) is 7.61. The fourth-order valence-electron chi connectivity index (χ4n) is 5.10. The third-order valence-corrected chi connectivity index (χ3v) is 7.20. The average molecular weight is 543 g/mol. The van der Waals surface area contributed by atoms with Gasteiger partial charge in [-0.3, -0.25) is 9.59 Å². The molecule has 1 unspecified atom stereocenters. The molecule has 1 aromatic heterocycles. The topological polar surface area (TPSA) is 87.3 Å². The van der Waals surface area contributed by atoms with E-state index in [4.69, 9.17) is 4.74 Å². The van der Waals surface area contributed by atoms with Gasteiger partial charge in [0, 0.05) is 44.0 Å². The van der Waals surface area contributed by atoms with Crippen LogP contribution in [0.3, 0.4) is 0 Å². The number of aromatic amines is 1. The maximum atomic E-state index is 13.7. The Hall–Kier alpha value is -3.82. The van der Waals surface area contributed by atoms with Crippen molar-refractivity contribution >= 4 is 11.8 Å². The molecule has 2 amide bonds. The summed E-state index contributed by atoms with van der Waals surface area (Å²) in [5, 5.41) is 2.89. The molecule has 10 heteroatoms. The lowest BCUT2D eigenvalue weighted by molar-refractivity contribution is -0.146. The number of aromatic nitrogens is 2. The highest BCUT2D eigenvalue weighted by atomic mass is 19.4. The van der Waals surface area contributed by atoms with E-state index in [1.807, 2.05) is 42.5 Å². The summed E-state index contributed by atoms with van der Waals surface area (Å²) in [6, 6.07) is 15.8. The Morgan fingerprint density at radius 2 is 1.85 bits per heavy atom. The van der Waals surface area contributed by atoms with Gasteiger partial charge < -0.3 is 19.9 Å². The number of methoxy groups -OCH3 is 1. The van der Waals surface area contributed by atoms with E-state index in [1.54, 1.807) is 36.7 Å². The molecule has 2 heterocycles. The number of aryl methyl sites for hydroxylation is 1. The molecule has 1 saturated heterocycles. The number of carbonyl (C=O) groups excluding carboxylic acids is 2. The number of hydrogen-bond donors (Lipinski definition) is 2. The summed E-state index contributed by atoms with van der Waals surface area (Å²) in [6.45, 7) is 0.603. The number of benzene rings is 2. The first-order valence-corrected chi connectivity index (χ1v) is 13.0. The van der Waals surface area contributed by atoms with E-state index in [2.05, 4.69) is 15.3 Å². The number of rotatable bonds is 12. The van der Waals surface area contributed by atoms with Crippen molar-refractivity contribution in [3.05, 3.63) is 83.9 Å². The fourth-order valence-corrected chi connectivity index (χ4v) is 5.10. The summed E-state index contributed by atoms with van der Waals surface area (Å²) in [5.74, 6) is 0.158. The van der Waals surface area contributed by atoms with Gasteiger partial charge in [-0.25, -0.2) is 4.98 Å². The number of carbonyl (C=O) groups is 2. The van der Waals surface area contributed by atoms with Crippen molar-refractivity contribution < 1.29 is 27.5 Å². The molecule has 1 aliphatic heterocycles. The number of amides is 2. The highest BCUT2D eigenvalue weighted by Crippen LogP contribution is 2.40. The van der Waals surface area contributed by atoms with Crippen LogP contribution in [0, 0.1) is 0 Å². The van der Waals surface area contributed by atoms with E-state index in [0.29, 0.717) is 31.7 Å². The Kier molecular flexibility index (Phi) is 8.93. The molecule has 1 fully saturated rings. The number of H-pyrrole nitrogens is 1. The third-order valence-electron chi connectivity index (χ3n) is 7.20. The van der Waals surface area contributed by atoms with E-state index < -0.39 is 24.1 Å². The van der Waals surface area contributed by atoms with Crippen LogP contribution >= 0.6 is 0 Å². The second-order valence-corrected chi connectivity index (χ2v) is 10.0. The molecule has 0 radical (unpaired) electrons. The molecule has 39 heavy (non-hydrogen) atoms. The van der Waals surface area contributed by atoms with Crippen LogP contribution in [0.4, 0.5) is 13.2 Å². The molecular weight excluding hydrogens is 509 g/mol. The van der Waals surface area contributed by atoms with Gasteiger partial charge in [-0.05, 0) is 42.5 Å². The maximum Gasteiger partial charge on any atom is 0.389 e. The first kappa shape index (κ1) is 28.2. The van der Waals surface area contributed by atoms with Crippen molar-refractivity contribution in [1.82, 2.24) is 20.2 Å². The van der Waals surface area contributed by atoms with Crippen LogP contribution in [-0.4, -0.2) is 59.1 Å². The van der Waals surface area contributed by atoms with Gasteiger partial charge in [0.15, 0.2) is 0 Å². The van der Waals surface area contributed by atoms with E-state index >= 15 is 0 Å². The van der Waals surface area contributed by atoms with Gasteiger partial charge in [-0.1, -0.05) is 42.5 Å². The van der Waals surface area contributed by atoms with Gasteiger partial charge in [-0.15, -0.1) is 0 Å². The lowest BCUT2D eigenvalue weighted by Crippen LogP contribution is -2.65. The highest BCUT2D eigenvalue weighted by molar-refractivity contribution is 5.88. The molecule has 2 N–H and O–H groups in total. The van der Waals surface area contributed by atoms with Crippen molar-refractivity contribution in [2.45, 2.75) is 56.2 Å². The summed E-state index contributed by atoms with van der Waals surface area (Å²) in [6.07, 6.45) is -0.640. The Labute approximate surface area is 225 Å². The zero-order valence-electron chi connectivity index (χ0n) is 21.8. The van der Waals surface area contributed by atoms with E-state index in [-0.39, 0.29) is 31.1 Å². The molecule has 0 aliphatic carbocycles. The number of likely N-dealkylation sites (tertiary alicyclic amines) is 1. The van der Waals surface area contributed by atoms with Gasteiger partial charge in [0.25, 0.3) is 0 Å². The van der Waals surface area contributed by atoms with Gasteiger partial charge in [0.1, 0.15) is 11.8 Å². The molecule has 4 rings (SSSR count). The van der Waals surface area contributed by atoms with E-state index in [1.165, 1.54) is 0 Å². The lowest BCUT2D eigenvalue weighted by atomic mass is 9.70. The first-order chi connectivity index (χ1) is 18.7. The standard InChI is InChI=1S/C29H33F3N4O3/c1-39-24-11-8-21(9-12-24)16-25(35-26(37)13-10-23-17-33-20-34-23)27(38)36-18-28(19-36,14-5-15-29(30,31)32)22-6-3-2-4-7-22/h2-4,6-9,11-12,17,20,25H,5,10,13-16,18-19H2,1H3,(H,33,34)(H,35,37). The number of hydrogen-bond acceptors (Lipinski definition) is 4. The van der Waals surface area contributed by atoms with Gasteiger partial charge in [0.05, 0.1) is 19.1 Å². The predicted octanol–water partition coefficient (Wildman–Crippen LogP) is 4.59. The smallest absolute Gasteiger partial charge is 0.389 e. The Balaban J connectivity index is 1.46. The quantitative estimate of drug-likeness (QED) is 0.351. The summed E-state index contributed by atoms with van der Waals surface area (Å²) in [7, 11) is 1.57. The summed E-state index contributed by atoms with van der Waals surface area (Å²) in [4.78, 5) is 35.1. The van der Waals surface area contributed by atoms with Crippen LogP contribution in [0.5, 0.6) is 5.75 Å². The molecule has 0 bridgehead atoms. The molecule has 3 aromatic rings. The molecule has 1 atom stereocenters. The minimum Gasteiger partial charge on any atom is -0.497 e. The number of imidazole rings is 1. The molecule has 208 valence electrons. The average Bonchev–Trinajstić information content (AvgIpc) is 3.42. The van der Waals surface area contributed by atoms with Crippen LogP contribution in [-0.2, 0) is 27.8 Å². The minimum atomic E-state index is -4.22.